The van der Waals surface area contributed by atoms with Gasteiger partial charge in [-0.05, 0) is 13.3 Å². The molecule has 0 aliphatic rings. The first-order chi connectivity index (χ1) is 5.65. The lowest BCUT2D eigenvalue weighted by Crippen LogP contribution is -2.08. The second-order valence-corrected chi connectivity index (χ2v) is 3.26. The number of hydrogen-bond donors (Lipinski definition) is 1. The molecular formula is C7H12ClN3O. The zero-order valence-corrected chi connectivity index (χ0v) is 7.88. The summed E-state index contributed by atoms with van der Waals surface area (Å²) in [5.74, 6) is 0.885. The Morgan fingerprint density at radius 3 is 2.50 bits per heavy atom. The van der Waals surface area contributed by atoms with Gasteiger partial charge in [0.05, 0.1) is 6.04 Å². The molecule has 0 spiro atoms. The first kappa shape index (κ1) is 9.48. The van der Waals surface area contributed by atoms with E-state index in [4.69, 9.17) is 21.8 Å². The Morgan fingerprint density at radius 2 is 2.08 bits per heavy atom. The summed E-state index contributed by atoms with van der Waals surface area (Å²) in [7, 11) is 0. The molecule has 0 bridgehead atoms. The van der Waals surface area contributed by atoms with Gasteiger partial charge in [0.15, 0.2) is 0 Å². The van der Waals surface area contributed by atoms with E-state index in [9.17, 15) is 0 Å². The molecule has 0 aliphatic heterocycles. The van der Waals surface area contributed by atoms with Crippen molar-refractivity contribution in [1.82, 2.24) is 10.2 Å². The Hall–Kier alpha value is -0.610. The Bertz CT molecular complexity index is 249. The van der Waals surface area contributed by atoms with Crippen molar-refractivity contribution in [1.29, 1.82) is 0 Å². The molecule has 12 heavy (non-hydrogen) atoms. The summed E-state index contributed by atoms with van der Waals surface area (Å²) in [6.07, 6.45) is 0.776. The van der Waals surface area contributed by atoms with E-state index in [1.807, 2.05) is 6.92 Å². The minimum Gasteiger partial charge on any atom is -0.422 e. The van der Waals surface area contributed by atoms with Crippen LogP contribution in [0.2, 0.25) is 0 Å². The molecule has 1 heterocycles. The van der Waals surface area contributed by atoms with Crippen LogP contribution in [0.3, 0.4) is 0 Å². The van der Waals surface area contributed by atoms with Crippen LogP contribution in [0, 0.1) is 0 Å². The summed E-state index contributed by atoms with van der Waals surface area (Å²) in [5, 5.41) is 7.28. The Morgan fingerprint density at radius 1 is 1.50 bits per heavy atom. The summed E-state index contributed by atoms with van der Waals surface area (Å²) in [6.45, 7) is 3.73. The van der Waals surface area contributed by atoms with Crippen LogP contribution in [0.15, 0.2) is 4.42 Å². The number of hydrogen-bond acceptors (Lipinski definition) is 4. The largest absolute Gasteiger partial charge is 0.422 e. The smallest absolute Gasteiger partial charge is 0.234 e. The predicted molar refractivity (Wildman–Crippen MR) is 45.8 cm³/mol. The van der Waals surface area contributed by atoms with Crippen LogP contribution in [0.25, 0.3) is 0 Å². The van der Waals surface area contributed by atoms with Crippen molar-refractivity contribution in [2.75, 3.05) is 0 Å². The van der Waals surface area contributed by atoms with E-state index in [0.717, 1.165) is 6.42 Å². The number of halogens is 1. The molecule has 2 atom stereocenters. The number of nitrogens with two attached hydrogens (primary N) is 1. The summed E-state index contributed by atoms with van der Waals surface area (Å²) in [5.41, 5.74) is 5.67. The Balaban J connectivity index is 2.77. The summed E-state index contributed by atoms with van der Waals surface area (Å²) in [4.78, 5) is 0. The van der Waals surface area contributed by atoms with Crippen molar-refractivity contribution < 1.29 is 4.42 Å². The summed E-state index contributed by atoms with van der Waals surface area (Å²) < 4.78 is 5.22. The fourth-order valence-corrected chi connectivity index (χ4v) is 0.820. The van der Waals surface area contributed by atoms with E-state index in [2.05, 4.69) is 10.2 Å². The topological polar surface area (TPSA) is 64.9 Å². The van der Waals surface area contributed by atoms with Gasteiger partial charge in [-0.25, -0.2) is 0 Å². The van der Waals surface area contributed by atoms with Crippen molar-refractivity contribution in [3.05, 3.63) is 11.8 Å². The Labute approximate surface area is 76.1 Å². The standard InChI is InChI=1S/C7H12ClN3O/c1-3-5(9)7-11-10-6(12-7)4(2)8/h4-5H,3,9H2,1-2H3/t4-,5+/m0/s1. The summed E-state index contributed by atoms with van der Waals surface area (Å²) in [6, 6.07) is -0.179. The first-order valence-electron chi connectivity index (χ1n) is 3.88. The molecule has 4 nitrogen and oxygen atoms in total. The molecule has 0 unspecified atom stereocenters. The van der Waals surface area contributed by atoms with Crippen molar-refractivity contribution in [2.45, 2.75) is 31.7 Å². The fraction of sp³-hybridized carbons (Fsp3) is 0.714. The number of aromatic nitrogens is 2. The average molecular weight is 190 g/mol. The normalized spacial score (nSPS) is 16.0. The molecule has 1 aromatic rings. The van der Waals surface area contributed by atoms with Gasteiger partial charge in [-0.2, -0.15) is 0 Å². The van der Waals surface area contributed by atoms with Crippen LogP contribution in [0.1, 0.15) is 43.5 Å². The quantitative estimate of drug-likeness (QED) is 0.737. The maximum atomic E-state index is 5.73. The molecular weight excluding hydrogens is 178 g/mol. The van der Waals surface area contributed by atoms with E-state index in [-0.39, 0.29) is 11.4 Å². The van der Waals surface area contributed by atoms with Crippen LogP contribution < -0.4 is 5.73 Å². The van der Waals surface area contributed by atoms with Gasteiger partial charge in [-0.1, -0.05) is 6.92 Å². The third kappa shape index (κ3) is 1.95. The van der Waals surface area contributed by atoms with Crippen LogP contribution in [0.4, 0.5) is 0 Å². The molecule has 0 amide bonds. The lowest BCUT2D eigenvalue weighted by atomic mass is 10.2. The van der Waals surface area contributed by atoms with Gasteiger partial charge in [0.2, 0.25) is 11.8 Å². The molecule has 5 heteroatoms. The van der Waals surface area contributed by atoms with Gasteiger partial charge < -0.3 is 10.2 Å². The number of rotatable bonds is 3. The van der Waals surface area contributed by atoms with E-state index in [1.54, 1.807) is 6.92 Å². The second-order valence-electron chi connectivity index (χ2n) is 2.61. The predicted octanol–water partition coefficient (Wildman–Crippen LogP) is 1.78. The number of nitrogens with zero attached hydrogens (tertiary/aromatic N) is 2. The van der Waals surface area contributed by atoms with E-state index in [1.165, 1.54) is 0 Å². The third-order valence-electron chi connectivity index (χ3n) is 1.55. The molecule has 0 aliphatic carbocycles. The monoisotopic (exact) mass is 189 g/mol. The van der Waals surface area contributed by atoms with Crippen LogP contribution in [-0.4, -0.2) is 10.2 Å². The van der Waals surface area contributed by atoms with Gasteiger partial charge in [-0.3, -0.25) is 0 Å². The highest BCUT2D eigenvalue weighted by Gasteiger charge is 2.14. The highest BCUT2D eigenvalue weighted by Crippen LogP contribution is 2.20. The first-order valence-corrected chi connectivity index (χ1v) is 4.31. The highest BCUT2D eigenvalue weighted by molar-refractivity contribution is 6.20. The molecule has 68 valence electrons. The Kier molecular flexibility index (Phi) is 3.05. The van der Waals surface area contributed by atoms with Crippen molar-refractivity contribution >= 4 is 11.6 Å². The van der Waals surface area contributed by atoms with E-state index >= 15 is 0 Å². The third-order valence-corrected chi connectivity index (χ3v) is 1.74. The van der Waals surface area contributed by atoms with E-state index < -0.39 is 0 Å². The van der Waals surface area contributed by atoms with Crippen molar-refractivity contribution in [2.24, 2.45) is 5.73 Å². The van der Waals surface area contributed by atoms with Gasteiger partial charge in [-0.15, -0.1) is 21.8 Å². The van der Waals surface area contributed by atoms with Gasteiger partial charge in [0.1, 0.15) is 5.38 Å². The molecule has 0 fully saturated rings. The average Bonchev–Trinajstić information content (AvgIpc) is 2.51. The zero-order valence-electron chi connectivity index (χ0n) is 7.12. The SMILES string of the molecule is CC[C@@H](N)c1nnc([C@H](C)Cl)o1. The van der Waals surface area contributed by atoms with Crippen LogP contribution in [0.5, 0.6) is 0 Å². The van der Waals surface area contributed by atoms with Crippen molar-refractivity contribution in [3.8, 4) is 0 Å². The molecule has 0 saturated carbocycles. The minimum absolute atomic E-state index is 0.179. The molecule has 1 aromatic heterocycles. The van der Waals surface area contributed by atoms with Crippen LogP contribution >= 0.6 is 11.6 Å². The molecule has 1 rings (SSSR count). The lowest BCUT2D eigenvalue weighted by Gasteiger charge is -2.00. The van der Waals surface area contributed by atoms with E-state index in [0.29, 0.717) is 11.8 Å². The molecule has 0 saturated heterocycles. The second kappa shape index (κ2) is 3.87. The molecule has 2 N–H and O–H groups in total. The van der Waals surface area contributed by atoms with Crippen molar-refractivity contribution in [3.63, 3.8) is 0 Å². The van der Waals surface area contributed by atoms with Gasteiger partial charge in [0.25, 0.3) is 0 Å². The minimum atomic E-state index is -0.254. The number of alkyl halides is 1. The lowest BCUT2D eigenvalue weighted by molar-refractivity contribution is 0.413. The maximum absolute atomic E-state index is 5.73. The van der Waals surface area contributed by atoms with Gasteiger partial charge >= 0.3 is 0 Å². The molecule has 0 radical (unpaired) electrons. The summed E-state index contributed by atoms with van der Waals surface area (Å²) >= 11 is 5.73. The maximum Gasteiger partial charge on any atom is 0.234 e. The fourth-order valence-electron chi connectivity index (χ4n) is 0.732. The van der Waals surface area contributed by atoms with Gasteiger partial charge in [0, 0.05) is 0 Å². The van der Waals surface area contributed by atoms with Crippen LogP contribution in [-0.2, 0) is 0 Å². The molecule has 0 aromatic carbocycles. The highest BCUT2D eigenvalue weighted by atomic mass is 35.5. The zero-order chi connectivity index (χ0) is 9.14.